The second-order valence-electron chi connectivity index (χ2n) is 8.52. The molecule has 1 fully saturated rings. The fourth-order valence-electron chi connectivity index (χ4n) is 4.21. The Balaban J connectivity index is 0.00000320. The summed E-state index contributed by atoms with van der Waals surface area (Å²) in [5.41, 5.74) is 1.19. The van der Waals surface area contributed by atoms with Crippen LogP contribution in [-0.4, -0.2) is 32.0 Å². The van der Waals surface area contributed by atoms with Gasteiger partial charge in [0.1, 0.15) is 5.75 Å². The van der Waals surface area contributed by atoms with Gasteiger partial charge in [0.2, 0.25) is 12.7 Å². The molecule has 0 saturated heterocycles. The first-order valence-corrected chi connectivity index (χ1v) is 11.1. The zero-order chi connectivity index (χ0) is 25.5. The maximum absolute atomic E-state index is 13.3. The van der Waals surface area contributed by atoms with Crippen LogP contribution in [0.5, 0.6) is 17.2 Å². The molecule has 36 heavy (non-hydrogen) atoms. The van der Waals surface area contributed by atoms with Crippen molar-refractivity contribution in [2.75, 3.05) is 19.2 Å². The van der Waals surface area contributed by atoms with Crippen LogP contribution in [0.2, 0.25) is 0 Å². The highest BCUT2D eigenvalue weighted by Crippen LogP contribution is 2.51. The Kier molecular flexibility index (Phi) is 5.74. The number of rotatable bonds is 6. The van der Waals surface area contributed by atoms with Crippen molar-refractivity contribution >= 4 is 17.5 Å². The van der Waals surface area contributed by atoms with Crippen LogP contribution in [0.25, 0.3) is 11.1 Å². The first-order chi connectivity index (χ1) is 17.2. The molecule has 2 aliphatic rings. The van der Waals surface area contributed by atoms with Gasteiger partial charge in [-0.15, -0.1) is 13.2 Å². The standard InChI is InChI=1S/C26H21F3N2O5.H2/c1-30-23(32)16-4-2-15(3-5-16)19-13-18(7-9-20(19)36-26(27,28)29)31-24(33)25(10-11-25)17-6-8-21-22(12-17)35-14-34-21;/h2-9,12-13H,10-11,14H2,1H3,(H,30,32)(H,31,33);1H. The number of ether oxygens (including phenoxy) is 3. The topological polar surface area (TPSA) is 85.9 Å². The zero-order valence-electron chi connectivity index (χ0n) is 19.1. The molecule has 0 atom stereocenters. The number of hydrogen-bond donors (Lipinski definition) is 2. The molecule has 188 valence electrons. The second kappa shape index (κ2) is 8.78. The largest absolute Gasteiger partial charge is 0.573 e. The van der Waals surface area contributed by atoms with Crippen LogP contribution in [0, 0.1) is 0 Å². The summed E-state index contributed by atoms with van der Waals surface area (Å²) in [7, 11) is 1.48. The number of hydrogen-bond acceptors (Lipinski definition) is 5. The number of carbonyl (C=O) groups is 2. The minimum atomic E-state index is -4.90. The molecule has 2 N–H and O–H groups in total. The maximum Gasteiger partial charge on any atom is 0.573 e. The quantitative estimate of drug-likeness (QED) is 0.483. The molecule has 1 aliphatic carbocycles. The van der Waals surface area contributed by atoms with Gasteiger partial charge in [0.25, 0.3) is 5.91 Å². The van der Waals surface area contributed by atoms with Gasteiger partial charge >= 0.3 is 6.36 Å². The van der Waals surface area contributed by atoms with Gasteiger partial charge in [-0.25, -0.2) is 0 Å². The Morgan fingerprint density at radius 2 is 1.69 bits per heavy atom. The highest BCUT2D eigenvalue weighted by Gasteiger charge is 2.51. The van der Waals surface area contributed by atoms with Crippen molar-refractivity contribution in [1.82, 2.24) is 5.32 Å². The lowest BCUT2D eigenvalue weighted by Crippen LogP contribution is -2.27. The molecule has 3 aromatic carbocycles. The van der Waals surface area contributed by atoms with Gasteiger partial charge in [0, 0.05) is 25.3 Å². The molecule has 1 saturated carbocycles. The SMILES string of the molecule is CNC(=O)c1ccc(-c2cc(NC(=O)C3(c4ccc5c(c4)OCO5)CC3)ccc2OC(F)(F)F)cc1.[HH]. The third-order valence-corrected chi connectivity index (χ3v) is 6.26. The highest BCUT2D eigenvalue weighted by molar-refractivity contribution is 6.02. The summed E-state index contributed by atoms with van der Waals surface area (Å²) in [5, 5.41) is 5.32. The number of benzene rings is 3. The lowest BCUT2D eigenvalue weighted by Gasteiger charge is -2.18. The first-order valence-electron chi connectivity index (χ1n) is 11.1. The van der Waals surface area contributed by atoms with Gasteiger partial charge in [-0.05, 0) is 66.4 Å². The van der Waals surface area contributed by atoms with E-state index in [0.29, 0.717) is 41.2 Å². The molecule has 2 amide bonds. The van der Waals surface area contributed by atoms with E-state index in [2.05, 4.69) is 15.4 Å². The lowest BCUT2D eigenvalue weighted by molar-refractivity contribution is -0.274. The number of halogens is 3. The minimum absolute atomic E-state index is 0. The van der Waals surface area contributed by atoms with Gasteiger partial charge in [0.05, 0.1) is 5.41 Å². The van der Waals surface area contributed by atoms with Crippen molar-refractivity contribution in [3.63, 3.8) is 0 Å². The molecule has 0 spiro atoms. The molecule has 3 aromatic rings. The summed E-state index contributed by atoms with van der Waals surface area (Å²) in [6, 6.07) is 15.3. The summed E-state index contributed by atoms with van der Waals surface area (Å²) < 4.78 is 54.1. The van der Waals surface area contributed by atoms with E-state index in [-0.39, 0.29) is 25.6 Å². The van der Waals surface area contributed by atoms with Crippen LogP contribution in [0.1, 0.15) is 30.2 Å². The predicted molar refractivity (Wildman–Crippen MR) is 126 cm³/mol. The van der Waals surface area contributed by atoms with Crippen molar-refractivity contribution in [3.05, 3.63) is 71.8 Å². The van der Waals surface area contributed by atoms with Gasteiger partial charge in [-0.2, -0.15) is 0 Å². The van der Waals surface area contributed by atoms with Gasteiger partial charge in [-0.3, -0.25) is 9.59 Å². The van der Waals surface area contributed by atoms with Crippen molar-refractivity contribution < 1.29 is 38.4 Å². The van der Waals surface area contributed by atoms with E-state index in [1.807, 2.05) is 6.07 Å². The van der Waals surface area contributed by atoms with E-state index in [1.165, 1.54) is 43.4 Å². The van der Waals surface area contributed by atoms with E-state index in [9.17, 15) is 22.8 Å². The fourth-order valence-corrected chi connectivity index (χ4v) is 4.21. The Morgan fingerprint density at radius 1 is 0.972 bits per heavy atom. The molecule has 0 aromatic heterocycles. The minimum Gasteiger partial charge on any atom is -0.454 e. The number of fused-ring (bicyclic) bond motifs is 1. The zero-order valence-corrected chi connectivity index (χ0v) is 19.1. The Bertz CT molecular complexity index is 1340. The lowest BCUT2D eigenvalue weighted by atomic mass is 9.94. The smallest absolute Gasteiger partial charge is 0.454 e. The van der Waals surface area contributed by atoms with E-state index >= 15 is 0 Å². The van der Waals surface area contributed by atoms with Crippen LogP contribution in [0.3, 0.4) is 0 Å². The van der Waals surface area contributed by atoms with Crippen LogP contribution < -0.4 is 24.8 Å². The van der Waals surface area contributed by atoms with Crippen LogP contribution in [-0.2, 0) is 10.2 Å². The third kappa shape index (κ3) is 4.53. The second-order valence-corrected chi connectivity index (χ2v) is 8.52. The molecule has 1 heterocycles. The third-order valence-electron chi connectivity index (χ3n) is 6.26. The Labute approximate surface area is 205 Å². The molecule has 0 radical (unpaired) electrons. The van der Waals surface area contributed by atoms with Crippen molar-refractivity contribution in [3.8, 4) is 28.4 Å². The van der Waals surface area contributed by atoms with Crippen LogP contribution in [0.4, 0.5) is 18.9 Å². The fraction of sp³-hybridized carbons (Fsp3) is 0.231. The Hall–Kier alpha value is -4.21. The van der Waals surface area contributed by atoms with Gasteiger partial charge < -0.3 is 24.8 Å². The molecular weight excluding hydrogens is 477 g/mol. The predicted octanol–water partition coefficient (Wildman–Crippen LogP) is 5.26. The molecule has 5 rings (SSSR count). The Morgan fingerprint density at radius 3 is 2.36 bits per heavy atom. The van der Waals surface area contributed by atoms with Gasteiger partial charge in [0.15, 0.2) is 11.5 Å². The monoisotopic (exact) mass is 500 g/mol. The number of amides is 2. The molecule has 7 nitrogen and oxygen atoms in total. The van der Waals surface area contributed by atoms with Crippen molar-refractivity contribution in [1.29, 1.82) is 0 Å². The van der Waals surface area contributed by atoms with E-state index in [0.717, 1.165) is 11.6 Å². The normalized spacial score (nSPS) is 15.2. The van der Waals surface area contributed by atoms with E-state index in [4.69, 9.17) is 9.47 Å². The average Bonchev–Trinajstić information content (AvgIpc) is 3.54. The summed E-state index contributed by atoms with van der Waals surface area (Å²) >= 11 is 0. The molecule has 0 unspecified atom stereocenters. The summed E-state index contributed by atoms with van der Waals surface area (Å²) in [6.07, 6.45) is -3.65. The van der Waals surface area contributed by atoms with E-state index in [1.54, 1.807) is 12.1 Å². The van der Waals surface area contributed by atoms with Crippen molar-refractivity contribution in [2.45, 2.75) is 24.6 Å². The highest BCUT2D eigenvalue weighted by atomic mass is 19.4. The average molecular weight is 500 g/mol. The summed E-state index contributed by atoms with van der Waals surface area (Å²) in [5.74, 6) is 0.162. The molecule has 10 heteroatoms. The number of carbonyl (C=O) groups excluding carboxylic acids is 2. The maximum atomic E-state index is 13.3. The molecule has 1 aliphatic heterocycles. The van der Waals surface area contributed by atoms with Crippen LogP contribution >= 0.6 is 0 Å². The molecular formula is C26H23F3N2O5. The molecule has 0 bridgehead atoms. The number of anilines is 1. The number of alkyl halides is 3. The number of nitrogens with one attached hydrogen (secondary N) is 2. The van der Waals surface area contributed by atoms with Gasteiger partial charge in [-0.1, -0.05) is 18.2 Å². The summed E-state index contributed by atoms with van der Waals surface area (Å²) in [4.78, 5) is 25.1. The summed E-state index contributed by atoms with van der Waals surface area (Å²) in [6.45, 7) is 0.122. The van der Waals surface area contributed by atoms with E-state index < -0.39 is 17.5 Å². The van der Waals surface area contributed by atoms with Crippen molar-refractivity contribution in [2.24, 2.45) is 0 Å². The first kappa shape index (κ1) is 23.5. The van der Waals surface area contributed by atoms with Crippen LogP contribution in [0.15, 0.2) is 60.7 Å².